The number of benzene rings is 3. The highest BCUT2D eigenvalue weighted by Crippen LogP contribution is 2.27. The number of hydrogen-bond acceptors (Lipinski definition) is 2. The number of nitrogens with zero attached hydrogens (tertiary/aromatic N) is 1. The highest BCUT2D eigenvalue weighted by Gasteiger charge is 2.06. The van der Waals surface area contributed by atoms with Gasteiger partial charge >= 0.3 is 0 Å². The molecule has 0 heterocycles. The van der Waals surface area contributed by atoms with Gasteiger partial charge in [0.1, 0.15) is 18.2 Å². The molecule has 3 aromatic rings. The molecule has 0 atom stereocenters. The van der Waals surface area contributed by atoms with E-state index in [1.54, 1.807) is 36.5 Å². The van der Waals surface area contributed by atoms with Crippen molar-refractivity contribution >= 4 is 23.5 Å². The number of ether oxygens (including phenoxy) is 1. The first-order chi connectivity index (χ1) is 12.5. The molecule has 0 unspecified atom stereocenters. The van der Waals surface area contributed by atoms with Crippen LogP contribution in [0, 0.1) is 19.7 Å². The first-order valence-electron chi connectivity index (χ1n) is 8.30. The van der Waals surface area contributed by atoms with Crippen LogP contribution in [0.2, 0.25) is 5.02 Å². The van der Waals surface area contributed by atoms with Gasteiger partial charge in [-0.3, -0.25) is 4.99 Å². The van der Waals surface area contributed by atoms with Gasteiger partial charge in [0.05, 0.1) is 10.7 Å². The van der Waals surface area contributed by atoms with Gasteiger partial charge in [0, 0.05) is 11.8 Å². The summed E-state index contributed by atoms with van der Waals surface area (Å²) >= 11 is 6.29. The van der Waals surface area contributed by atoms with Crippen molar-refractivity contribution in [3.8, 4) is 5.75 Å². The van der Waals surface area contributed by atoms with Crippen LogP contribution in [-0.4, -0.2) is 6.21 Å². The zero-order chi connectivity index (χ0) is 18.5. The van der Waals surface area contributed by atoms with Crippen LogP contribution in [0.4, 0.5) is 10.1 Å². The second kappa shape index (κ2) is 8.15. The lowest BCUT2D eigenvalue weighted by Crippen LogP contribution is -1.99. The number of halogens is 2. The minimum absolute atomic E-state index is 0.127. The van der Waals surface area contributed by atoms with E-state index in [1.165, 1.54) is 11.6 Å². The Morgan fingerprint density at radius 2 is 1.85 bits per heavy atom. The normalized spacial score (nSPS) is 11.1. The van der Waals surface area contributed by atoms with Gasteiger partial charge in [-0.2, -0.15) is 0 Å². The Kier molecular flexibility index (Phi) is 5.69. The second-order valence-electron chi connectivity index (χ2n) is 6.05. The number of rotatable bonds is 5. The lowest BCUT2D eigenvalue weighted by molar-refractivity contribution is 0.300. The third kappa shape index (κ3) is 4.30. The zero-order valence-electron chi connectivity index (χ0n) is 14.7. The van der Waals surface area contributed by atoms with Crippen LogP contribution in [0.5, 0.6) is 5.75 Å². The average molecular weight is 368 g/mol. The predicted octanol–water partition coefficient (Wildman–Crippen LogP) is 6.43. The predicted molar refractivity (Wildman–Crippen MR) is 105 cm³/mol. The maximum Gasteiger partial charge on any atom is 0.138 e. The molecule has 0 spiro atoms. The van der Waals surface area contributed by atoms with Gasteiger partial charge in [0.2, 0.25) is 0 Å². The zero-order valence-corrected chi connectivity index (χ0v) is 15.4. The number of aliphatic imine (C=N–C) groups is 1. The minimum Gasteiger partial charge on any atom is -0.487 e. The number of aryl methyl sites for hydroxylation is 1. The summed E-state index contributed by atoms with van der Waals surface area (Å²) in [6, 6.07) is 18.0. The van der Waals surface area contributed by atoms with E-state index in [0.717, 1.165) is 16.8 Å². The number of hydrogen-bond donors (Lipinski definition) is 0. The van der Waals surface area contributed by atoms with Crippen LogP contribution in [0.15, 0.2) is 65.7 Å². The summed E-state index contributed by atoms with van der Waals surface area (Å²) in [5.74, 6) is 0.222. The van der Waals surface area contributed by atoms with Crippen LogP contribution in [0.1, 0.15) is 22.3 Å². The highest BCUT2D eigenvalue weighted by atomic mass is 35.5. The van der Waals surface area contributed by atoms with E-state index < -0.39 is 0 Å². The van der Waals surface area contributed by atoms with Crippen molar-refractivity contribution in [3.05, 3.63) is 93.8 Å². The van der Waals surface area contributed by atoms with Crippen LogP contribution in [0.25, 0.3) is 0 Å². The molecule has 0 saturated heterocycles. The van der Waals surface area contributed by atoms with Crippen molar-refractivity contribution in [1.82, 2.24) is 0 Å². The van der Waals surface area contributed by atoms with Crippen LogP contribution >= 0.6 is 11.6 Å². The molecule has 4 heteroatoms. The molecule has 3 aromatic carbocycles. The first kappa shape index (κ1) is 18.2. The molecule has 132 valence electrons. The SMILES string of the molecule is Cc1cccc(N=Cc2ccc(OCc3ccccc3F)c(Cl)c2)c1C. The quantitative estimate of drug-likeness (QED) is 0.476. The summed E-state index contributed by atoms with van der Waals surface area (Å²) < 4.78 is 19.3. The summed E-state index contributed by atoms with van der Waals surface area (Å²) in [6.07, 6.45) is 1.77. The molecule has 0 aliphatic carbocycles. The molecule has 26 heavy (non-hydrogen) atoms. The smallest absolute Gasteiger partial charge is 0.138 e. The third-order valence-electron chi connectivity index (χ3n) is 4.23. The Hall–Kier alpha value is -2.65. The standard InChI is InChI=1S/C22H19ClFNO/c1-15-6-5-9-21(16(15)2)25-13-17-10-11-22(19(23)12-17)26-14-18-7-3-4-8-20(18)24/h3-13H,14H2,1-2H3. The van der Waals surface area contributed by atoms with Gasteiger partial charge in [-0.15, -0.1) is 0 Å². The molecule has 0 radical (unpaired) electrons. The minimum atomic E-state index is -0.291. The van der Waals surface area contributed by atoms with Gasteiger partial charge in [-0.1, -0.05) is 41.9 Å². The van der Waals surface area contributed by atoms with Gasteiger partial charge < -0.3 is 4.74 Å². The van der Waals surface area contributed by atoms with E-state index in [4.69, 9.17) is 16.3 Å². The van der Waals surface area contributed by atoms with Gasteiger partial charge in [0.15, 0.2) is 0 Å². The highest BCUT2D eigenvalue weighted by molar-refractivity contribution is 6.32. The molecule has 0 aromatic heterocycles. The van der Waals surface area contributed by atoms with E-state index in [-0.39, 0.29) is 12.4 Å². The molecular formula is C22H19ClFNO. The maximum atomic E-state index is 13.6. The first-order valence-corrected chi connectivity index (χ1v) is 8.68. The van der Waals surface area contributed by atoms with Crippen LogP contribution in [0.3, 0.4) is 0 Å². The molecule has 0 saturated carbocycles. The summed E-state index contributed by atoms with van der Waals surface area (Å²) in [4.78, 5) is 4.54. The summed E-state index contributed by atoms with van der Waals surface area (Å²) in [5.41, 5.74) is 4.65. The van der Waals surface area contributed by atoms with Gasteiger partial charge in [-0.05, 0) is 60.9 Å². The van der Waals surface area contributed by atoms with Crippen molar-refractivity contribution < 1.29 is 9.13 Å². The molecule has 0 aliphatic heterocycles. The van der Waals surface area contributed by atoms with E-state index in [1.807, 2.05) is 18.2 Å². The fourth-order valence-electron chi connectivity index (χ4n) is 2.50. The largest absolute Gasteiger partial charge is 0.487 e. The molecule has 0 N–H and O–H groups in total. The fourth-order valence-corrected chi connectivity index (χ4v) is 2.75. The Morgan fingerprint density at radius 1 is 1.04 bits per heavy atom. The van der Waals surface area contributed by atoms with Crippen molar-refractivity contribution in [2.24, 2.45) is 4.99 Å². The molecule has 2 nitrogen and oxygen atoms in total. The van der Waals surface area contributed by atoms with Gasteiger partial charge in [-0.25, -0.2) is 4.39 Å². The van der Waals surface area contributed by atoms with Crippen molar-refractivity contribution in [2.45, 2.75) is 20.5 Å². The van der Waals surface area contributed by atoms with Crippen molar-refractivity contribution in [1.29, 1.82) is 0 Å². The molecule has 0 aliphatic rings. The Labute approximate surface area is 157 Å². The van der Waals surface area contributed by atoms with E-state index in [0.29, 0.717) is 16.3 Å². The van der Waals surface area contributed by atoms with Crippen molar-refractivity contribution in [2.75, 3.05) is 0 Å². The van der Waals surface area contributed by atoms with E-state index in [2.05, 4.69) is 24.9 Å². The van der Waals surface area contributed by atoms with E-state index >= 15 is 0 Å². The molecular weight excluding hydrogens is 349 g/mol. The molecule has 0 amide bonds. The average Bonchev–Trinajstić information content (AvgIpc) is 2.63. The van der Waals surface area contributed by atoms with Crippen molar-refractivity contribution in [3.63, 3.8) is 0 Å². The molecule has 3 rings (SSSR count). The molecule has 0 bridgehead atoms. The topological polar surface area (TPSA) is 21.6 Å². The summed E-state index contributed by atoms with van der Waals surface area (Å²) in [7, 11) is 0. The fraction of sp³-hybridized carbons (Fsp3) is 0.136. The maximum absolute atomic E-state index is 13.6. The molecule has 0 fully saturated rings. The van der Waals surface area contributed by atoms with Crippen LogP contribution in [-0.2, 0) is 6.61 Å². The second-order valence-corrected chi connectivity index (χ2v) is 6.45. The lowest BCUT2D eigenvalue weighted by atomic mass is 10.1. The lowest BCUT2D eigenvalue weighted by Gasteiger charge is -2.09. The Balaban J connectivity index is 1.72. The Morgan fingerprint density at radius 3 is 2.62 bits per heavy atom. The third-order valence-corrected chi connectivity index (χ3v) is 4.52. The van der Waals surface area contributed by atoms with Gasteiger partial charge in [0.25, 0.3) is 0 Å². The van der Waals surface area contributed by atoms with E-state index in [9.17, 15) is 4.39 Å². The summed E-state index contributed by atoms with van der Waals surface area (Å²) in [6.45, 7) is 4.24. The Bertz CT molecular complexity index is 953. The monoisotopic (exact) mass is 367 g/mol. The summed E-state index contributed by atoms with van der Waals surface area (Å²) in [5, 5.41) is 0.464. The van der Waals surface area contributed by atoms with Crippen LogP contribution < -0.4 is 4.74 Å².